The predicted octanol–water partition coefficient (Wildman–Crippen LogP) is -1.81. The molecule has 0 rings (SSSR count). The van der Waals surface area contributed by atoms with Crippen LogP contribution in [0.5, 0.6) is 0 Å². The molecule has 6 heteroatoms. The summed E-state index contributed by atoms with van der Waals surface area (Å²) in [6, 6.07) is 0. The first-order valence-corrected chi connectivity index (χ1v) is 1.09. The molecule has 0 aromatic carbocycles. The summed E-state index contributed by atoms with van der Waals surface area (Å²) in [6.07, 6.45) is 0. The van der Waals surface area contributed by atoms with Crippen molar-refractivity contribution in [3.05, 3.63) is 0 Å². The van der Waals surface area contributed by atoms with E-state index in [1.807, 2.05) is 0 Å². The van der Waals surface area contributed by atoms with Crippen LogP contribution in [0.4, 0.5) is 0 Å². The molecule has 0 unspecified atom stereocenters. The number of aliphatic carboxylic acids is 2. The summed E-state index contributed by atoms with van der Waals surface area (Å²) in [6.45, 7) is 0. The van der Waals surface area contributed by atoms with Crippen LogP contribution < -0.4 is 11.3 Å². The zero-order valence-corrected chi connectivity index (χ0v) is 7.76. The van der Waals surface area contributed by atoms with E-state index in [9.17, 15) is 0 Å². The third-order valence-corrected chi connectivity index (χ3v) is 0.175. The Morgan fingerprint density at radius 2 is 1.50 bits per heavy atom. The van der Waals surface area contributed by atoms with Gasteiger partial charge in [-0.15, -0.1) is 0 Å². The van der Waals surface area contributed by atoms with Crippen molar-refractivity contribution in [2.24, 2.45) is 0 Å². The minimum absolute atomic E-state index is 0. The van der Waals surface area contributed by atoms with Gasteiger partial charge in [0.1, 0.15) is 0 Å². The molecule has 0 aliphatic carbocycles. The number of carbonyl (C=O) groups is 2. The van der Waals surface area contributed by atoms with Gasteiger partial charge in [-0.1, -0.05) is 0 Å². The molecule has 0 bridgehead atoms. The van der Waals surface area contributed by atoms with E-state index in [1.165, 1.54) is 0 Å². The van der Waals surface area contributed by atoms with Crippen LogP contribution in [0.15, 0.2) is 0 Å². The van der Waals surface area contributed by atoms with Gasteiger partial charge < -0.3 is 21.2 Å². The second-order valence-electron chi connectivity index (χ2n) is 0.593. The minimum atomic E-state index is -2.07. The summed E-state index contributed by atoms with van der Waals surface area (Å²) < 4.78 is 0. The maximum Gasteiger partial charge on any atom is 0.351 e. The Hall–Kier alpha value is -0.230. The monoisotopic (exact) mass is 287 g/mol. The number of carboxylic acid groups (broad SMARTS) is 2. The summed E-state index contributed by atoms with van der Waals surface area (Å²) in [4.78, 5) is 18.0. The fraction of sp³-hybridized carbons (Fsp3) is 0. The third kappa shape index (κ3) is 9.24. The second kappa shape index (κ2) is 6.77. The molecule has 0 saturated carbocycles. The SMILES string of the molecule is O=C([O-])C(=O)O.[Hf].[NH4+]. The van der Waals surface area contributed by atoms with Crippen LogP contribution in [0.2, 0.25) is 0 Å². The fourth-order valence-corrected chi connectivity index (χ4v) is 0. The van der Waals surface area contributed by atoms with Gasteiger partial charge in [0.15, 0.2) is 5.97 Å². The number of carbonyl (C=O) groups excluding carboxylic acids is 1. The Labute approximate surface area is 64.1 Å². The molecule has 0 radical (unpaired) electrons. The van der Waals surface area contributed by atoms with Crippen LogP contribution in [0, 0.1) is 0 Å². The average molecular weight is 286 g/mol. The van der Waals surface area contributed by atoms with Crippen molar-refractivity contribution in [1.29, 1.82) is 0 Å². The van der Waals surface area contributed by atoms with Crippen LogP contribution in [-0.4, -0.2) is 17.0 Å². The first-order valence-electron chi connectivity index (χ1n) is 1.09. The zero-order valence-electron chi connectivity index (χ0n) is 4.17. The van der Waals surface area contributed by atoms with Gasteiger partial charge in [0.25, 0.3) is 0 Å². The summed E-state index contributed by atoms with van der Waals surface area (Å²) in [5, 5.41) is 16.3. The summed E-state index contributed by atoms with van der Waals surface area (Å²) in [5.74, 6) is -4.01. The molecule has 5 nitrogen and oxygen atoms in total. The van der Waals surface area contributed by atoms with E-state index in [1.54, 1.807) is 0 Å². The largest absolute Gasteiger partial charge is 0.539 e. The van der Waals surface area contributed by atoms with Crippen LogP contribution in [0.25, 0.3) is 0 Å². The van der Waals surface area contributed by atoms with Crippen molar-refractivity contribution < 1.29 is 45.6 Å². The van der Waals surface area contributed by atoms with Crippen molar-refractivity contribution in [3.63, 3.8) is 0 Å². The Morgan fingerprint density at radius 1 is 1.38 bits per heavy atom. The molecule has 0 aromatic rings. The Balaban J connectivity index is -0.000000125. The molecule has 0 amide bonds. The molecule has 0 heterocycles. The molecule has 0 saturated heterocycles. The van der Waals surface area contributed by atoms with Crippen LogP contribution in [0.3, 0.4) is 0 Å². The molecule has 0 aromatic heterocycles. The Kier molecular flexibility index (Phi) is 13.2. The van der Waals surface area contributed by atoms with Crippen molar-refractivity contribution in [2.75, 3.05) is 0 Å². The van der Waals surface area contributed by atoms with Gasteiger partial charge in [-0.05, 0) is 0 Å². The van der Waals surface area contributed by atoms with E-state index >= 15 is 0 Å². The molecule has 46 valence electrons. The Morgan fingerprint density at radius 3 is 1.50 bits per heavy atom. The number of rotatable bonds is 0. The summed E-state index contributed by atoms with van der Waals surface area (Å²) in [7, 11) is 0. The molecular weight excluding hydrogens is 281 g/mol. The molecule has 0 atom stereocenters. The normalized spacial score (nSPS) is 5.50. The van der Waals surface area contributed by atoms with E-state index < -0.39 is 11.9 Å². The van der Waals surface area contributed by atoms with E-state index in [-0.39, 0.29) is 32.0 Å². The van der Waals surface area contributed by atoms with Gasteiger partial charge in [-0.25, -0.2) is 4.79 Å². The number of hydrogen-bond donors (Lipinski definition) is 2. The predicted molar refractivity (Wildman–Crippen MR) is 18.6 cm³/mol. The van der Waals surface area contributed by atoms with Gasteiger partial charge in [0, 0.05) is 25.8 Å². The molecule has 0 spiro atoms. The zero-order chi connectivity index (χ0) is 5.15. The van der Waals surface area contributed by atoms with Gasteiger partial charge in [-0.2, -0.15) is 0 Å². The Bertz CT molecular complexity index is 80.0. The standard InChI is InChI=1S/C2H2O4.Hf.H3N/c3-1(4)2(5)6;;/h(H,3,4)(H,5,6);;1H3. The first-order chi connectivity index (χ1) is 2.64. The third-order valence-electron chi connectivity index (χ3n) is 0.175. The average Bonchev–Trinajstić information content (AvgIpc) is 1.36. The molecule has 0 aliphatic heterocycles. The maximum absolute atomic E-state index is 9.04. The van der Waals surface area contributed by atoms with Crippen LogP contribution >= 0.6 is 0 Å². The molecule has 8 heavy (non-hydrogen) atoms. The molecule has 5 N–H and O–H groups in total. The van der Waals surface area contributed by atoms with Crippen molar-refractivity contribution in [1.82, 2.24) is 6.15 Å². The smallest absolute Gasteiger partial charge is 0.351 e. The summed E-state index contributed by atoms with van der Waals surface area (Å²) in [5.41, 5.74) is 0. The van der Waals surface area contributed by atoms with Gasteiger partial charge >= 0.3 is 5.97 Å². The van der Waals surface area contributed by atoms with Crippen molar-refractivity contribution >= 4 is 11.9 Å². The number of hydrogen-bond acceptors (Lipinski definition) is 3. The van der Waals surface area contributed by atoms with Crippen LogP contribution in [-0.2, 0) is 35.4 Å². The van der Waals surface area contributed by atoms with Crippen LogP contribution in [0.1, 0.15) is 0 Å². The van der Waals surface area contributed by atoms with Gasteiger partial charge in [0.05, 0.1) is 0 Å². The second-order valence-corrected chi connectivity index (χ2v) is 0.593. The van der Waals surface area contributed by atoms with Gasteiger partial charge in [0.2, 0.25) is 0 Å². The van der Waals surface area contributed by atoms with Gasteiger partial charge in [-0.3, -0.25) is 0 Å². The fourth-order valence-electron chi connectivity index (χ4n) is 0. The molecular formula is C2H5HfNO4. The molecule has 0 aliphatic rings. The summed E-state index contributed by atoms with van der Waals surface area (Å²) >= 11 is 0. The first kappa shape index (κ1) is 15.7. The molecule has 0 fully saturated rings. The van der Waals surface area contributed by atoms with E-state index in [0.29, 0.717) is 0 Å². The number of quaternary nitrogens is 1. The topological polar surface area (TPSA) is 114 Å². The van der Waals surface area contributed by atoms with E-state index in [2.05, 4.69) is 0 Å². The maximum atomic E-state index is 9.04. The van der Waals surface area contributed by atoms with E-state index in [0.717, 1.165) is 0 Å². The van der Waals surface area contributed by atoms with Crippen molar-refractivity contribution in [2.45, 2.75) is 0 Å². The number of carboxylic acids is 2. The van der Waals surface area contributed by atoms with E-state index in [4.69, 9.17) is 19.8 Å². The van der Waals surface area contributed by atoms with Crippen molar-refractivity contribution in [3.8, 4) is 0 Å². The minimum Gasteiger partial charge on any atom is -0.539 e. The quantitative estimate of drug-likeness (QED) is 0.403.